The summed E-state index contributed by atoms with van der Waals surface area (Å²) in [7, 11) is 3.16. The number of benzene rings is 1. The van der Waals surface area contributed by atoms with E-state index in [1.165, 1.54) is 32.1 Å². The Bertz CT molecular complexity index is 788. The van der Waals surface area contributed by atoms with Gasteiger partial charge in [0.1, 0.15) is 6.54 Å². The minimum atomic E-state index is -0.138. The highest BCUT2D eigenvalue weighted by molar-refractivity contribution is 5.96. The van der Waals surface area contributed by atoms with Gasteiger partial charge in [0.2, 0.25) is 5.91 Å². The Morgan fingerprint density at radius 2 is 1.65 bits per heavy atom. The third-order valence-corrected chi connectivity index (χ3v) is 6.86. The van der Waals surface area contributed by atoms with Crippen LogP contribution in [0.15, 0.2) is 18.2 Å². The zero-order chi connectivity index (χ0) is 21.8. The van der Waals surface area contributed by atoms with Crippen molar-refractivity contribution >= 4 is 17.6 Å². The molecular weight excluding hydrogens is 396 g/mol. The lowest BCUT2D eigenvalue weighted by atomic mass is 9.94. The maximum Gasteiger partial charge on any atom is 0.325 e. The Kier molecular flexibility index (Phi) is 6.85. The molecule has 0 N–H and O–H groups in total. The number of anilines is 1. The molecule has 3 aliphatic rings. The number of methoxy groups -OCH3 is 2. The molecule has 1 aliphatic carbocycles. The molecule has 0 bridgehead atoms. The number of carbonyl (C=O) groups is 2. The minimum Gasteiger partial charge on any atom is -0.493 e. The summed E-state index contributed by atoms with van der Waals surface area (Å²) >= 11 is 0. The fourth-order valence-corrected chi connectivity index (χ4v) is 5.01. The molecule has 1 saturated carbocycles. The van der Waals surface area contributed by atoms with Crippen LogP contribution in [0, 0.1) is 0 Å². The van der Waals surface area contributed by atoms with Crippen LogP contribution in [0.25, 0.3) is 0 Å². The summed E-state index contributed by atoms with van der Waals surface area (Å²) in [5, 5.41) is 0. The number of hydrogen-bond acceptors (Lipinski definition) is 5. The van der Waals surface area contributed by atoms with Crippen molar-refractivity contribution in [3.63, 3.8) is 0 Å². The van der Waals surface area contributed by atoms with Gasteiger partial charge in [0.05, 0.1) is 14.2 Å². The number of urea groups is 1. The molecule has 3 amide bonds. The monoisotopic (exact) mass is 430 g/mol. The Balaban J connectivity index is 1.30. The predicted molar refractivity (Wildman–Crippen MR) is 119 cm³/mol. The van der Waals surface area contributed by atoms with Crippen molar-refractivity contribution in [3.8, 4) is 11.5 Å². The fourth-order valence-electron chi connectivity index (χ4n) is 5.01. The molecule has 8 nitrogen and oxygen atoms in total. The number of rotatable bonds is 6. The van der Waals surface area contributed by atoms with Gasteiger partial charge in [-0.05, 0) is 25.0 Å². The summed E-state index contributed by atoms with van der Waals surface area (Å²) in [6.07, 6.45) is 6.61. The lowest BCUT2D eigenvalue weighted by Gasteiger charge is -2.41. The zero-order valence-corrected chi connectivity index (χ0v) is 18.7. The zero-order valence-electron chi connectivity index (χ0n) is 18.7. The molecule has 2 heterocycles. The molecule has 1 aromatic carbocycles. The highest BCUT2D eigenvalue weighted by atomic mass is 16.5. The van der Waals surface area contributed by atoms with Crippen LogP contribution in [-0.4, -0.2) is 92.7 Å². The van der Waals surface area contributed by atoms with Crippen LogP contribution in [-0.2, 0) is 4.79 Å². The Hall–Kier alpha value is -2.48. The van der Waals surface area contributed by atoms with Gasteiger partial charge in [0, 0.05) is 57.1 Å². The van der Waals surface area contributed by atoms with Crippen molar-refractivity contribution in [2.75, 3.05) is 64.9 Å². The molecule has 0 aromatic heterocycles. The normalized spacial score (nSPS) is 21.0. The molecule has 0 spiro atoms. The van der Waals surface area contributed by atoms with Crippen molar-refractivity contribution < 1.29 is 19.1 Å². The molecule has 1 aromatic rings. The average molecular weight is 431 g/mol. The number of piperazine rings is 1. The second kappa shape index (κ2) is 9.77. The van der Waals surface area contributed by atoms with Gasteiger partial charge in [0.25, 0.3) is 0 Å². The first-order chi connectivity index (χ1) is 15.1. The van der Waals surface area contributed by atoms with E-state index in [4.69, 9.17) is 9.47 Å². The Morgan fingerprint density at radius 1 is 0.935 bits per heavy atom. The molecule has 31 heavy (non-hydrogen) atoms. The van der Waals surface area contributed by atoms with Crippen LogP contribution in [0.1, 0.15) is 32.1 Å². The largest absolute Gasteiger partial charge is 0.493 e. The van der Waals surface area contributed by atoms with Crippen LogP contribution in [0.3, 0.4) is 0 Å². The molecule has 8 heteroatoms. The van der Waals surface area contributed by atoms with Gasteiger partial charge in [-0.3, -0.25) is 14.6 Å². The topological polar surface area (TPSA) is 65.6 Å². The number of carbonyl (C=O) groups excluding carboxylic acids is 2. The van der Waals surface area contributed by atoms with Gasteiger partial charge in [0.15, 0.2) is 11.5 Å². The molecule has 170 valence electrons. The van der Waals surface area contributed by atoms with Crippen molar-refractivity contribution in [2.24, 2.45) is 0 Å². The standard InChI is InChI=1S/C23H34N4O4/c1-30-20-9-8-19(16-21(20)31-2)27-15-14-26(23(27)29)17-22(28)25-12-10-24(11-13-25)18-6-4-3-5-7-18/h8-9,16,18H,3-7,10-15,17H2,1-2H3. The van der Waals surface area contributed by atoms with E-state index in [1.54, 1.807) is 36.2 Å². The molecule has 2 saturated heterocycles. The Labute approximate surface area is 184 Å². The van der Waals surface area contributed by atoms with Crippen LogP contribution >= 0.6 is 0 Å². The second-order valence-electron chi connectivity index (χ2n) is 8.60. The molecule has 0 atom stereocenters. The maximum absolute atomic E-state index is 12.9. The summed E-state index contributed by atoms with van der Waals surface area (Å²) in [6.45, 7) is 4.65. The van der Waals surface area contributed by atoms with Gasteiger partial charge in [-0.15, -0.1) is 0 Å². The Morgan fingerprint density at radius 3 is 2.32 bits per heavy atom. The summed E-state index contributed by atoms with van der Waals surface area (Å²) in [4.78, 5) is 33.6. The quantitative estimate of drug-likeness (QED) is 0.694. The van der Waals surface area contributed by atoms with Gasteiger partial charge in [-0.2, -0.15) is 0 Å². The highest BCUT2D eigenvalue weighted by Gasteiger charge is 2.33. The van der Waals surface area contributed by atoms with Crippen molar-refractivity contribution in [1.29, 1.82) is 0 Å². The van der Waals surface area contributed by atoms with E-state index in [9.17, 15) is 9.59 Å². The van der Waals surface area contributed by atoms with Gasteiger partial charge in [-0.25, -0.2) is 4.79 Å². The van der Waals surface area contributed by atoms with E-state index in [0.717, 1.165) is 31.9 Å². The van der Waals surface area contributed by atoms with E-state index in [0.29, 0.717) is 30.6 Å². The average Bonchev–Trinajstić information content (AvgIpc) is 3.19. The maximum atomic E-state index is 12.9. The summed E-state index contributed by atoms with van der Waals surface area (Å²) in [6, 6.07) is 5.99. The predicted octanol–water partition coefficient (Wildman–Crippen LogP) is 2.42. The first kappa shape index (κ1) is 21.7. The summed E-state index contributed by atoms with van der Waals surface area (Å²) in [5.74, 6) is 1.25. The molecular formula is C23H34N4O4. The first-order valence-corrected chi connectivity index (χ1v) is 11.4. The lowest BCUT2D eigenvalue weighted by Crippen LogP contribution is -2.54. The van der Waals surface area contributed by atoms with Gasteiger partial charge >= 0.3 is 6.03 Å². The number of nitrogens with zero attached hydrogens (tertiary/aromatic N) is 4. The second-order valence-corrected chi connectivity index (χ2v) is 8.60. The third kappa shape index (κ3) is 4.74. The molecule has 4 rings (SSSR count). The molecule has 0 radical (unpaired) electrons. The van der Waals surface area contributed by atoms with E-state index in [-0.39, 0.29) is 18.5 Å². The van der Waals surface area contributed by atoms with E-state index < -0.39 is 0 Å². The highest BCUT2D eigenvalue weighted by Crippen LogP contribution is 2.33. The van der Waals surface area contributed by atoms with Crippen LogP contribution in [0.2, 0.25) is 0 Å². The van der Waals surface area contributed by atoms with Crippen molar-refractivity contribution in [3.05, 3.63) is 18.2 Å². The first-order valence-electron chi connectivity index (χ1n) is 11.4. The van der Waals surface area contributed by atoms with Gasteiger partial charge in [-0.1, -0.05) is 19.3 Å². The third-order valence-electron chi connectivity index (χ3n) is 6.86. The van der Waals surface area contributed by atoms with E-state index in [1.807, 2.05) is 11.0 Å². The number of hydrogen-bond donors (Lipinski definition) is 0. The fraction of sp³-hybridized carbons (Fsp3) is 0.652. The minimum absolute atomic E-state index is 0.0470. The summed E-state index contributed by atoms with van der Waals surface area (Å²) < 4.78 is 10.6. The number of ether oxygens (including phenoxy) is 2. The van der Waals surface area contributed by atoms with Crippen molar-refractivity contribution in [1.82, 2.24) is 14.7 Å². The SMILES string of the molecule is COc1ccc(N2CCN(CC(=O)N3CCN(C4CCCCC4)CC3)C2=O)cc1OC. The lowest BCUT2D eigenvalue weighted by molar-refractivity contribution is -0.133. The smallest absolute Gasteiger partial charge is 0.325 e. The van der Waals surface area contributed by atoms with Gasteiger partial charge < -0.3 is 19.3 Å². The van der Waals surface area contributed by atoms with Crippen LogP contribution in [0.4, 0.5) is 10.5 Å². The van der Waals surface area contributed by atoms with Crippen LogP contribution < -0.4 is 14.4 Å². The van der Waals surface area contributed by atoms with Crippen molar-refractivity contribution in [2.45, 2.75) is 38.1 Å². The van der Waals surface area contributed by atoms with E-state index in [2.05, 4.69) is 4.90 Å². The number of amides is 3. The molecule has 3 fully saturated rings. The van der Waals surface area contributed by atoms with Crippen LogP contribution in [0.5, 0.6) is 11.5 Å². The molecule has 0 unspecified atom stereocenters. The molecule has 2 aliphatic heterocycles. The van der Waals surface area contributed by atoms with E-state index >= 15 is 0 Å². The summed E-state index contributed by atoms with van der Waals surface area (Å²) in [5.41, 5.74) is 0.749.